The Kier molecular flexibility index (Phi) is 5.20. The molecule has 0 unspecified atom stereocenters. The quantitative estimate of drug-likeness (QED) is 0.825. The summed E-state index contributed by atoms with van der Waals surface area (Å²) in [5.74, 6) is 0.910. The maximum atomic E-state index is 13.0. The number of carbonyl (C=O) groups is 1. The number of hydrogen-bond donors (Lipinski definition) is 1. The van der Waals surface area contributed by atoms with Crippen molar-refractivity contribution in [3.63, 3.8) is 0 Å². The minimum absolute atomic E-state index is 0.0484. The molecule has 6 nitrogen and oxygen atoms in total. The number of piperidine rings is 1. The Morgan fingerprint density at radius 2 is 1.89 bits per heavy atom. The molecule has 1 N–H and O–H groups in total. The van der Waals surface area contributed by atoms with Crippen LogP contribution in [0.4, 0.5) is 0 Å². The Labute approximate surface area is 169 Å². The average Bonchev–Trinajstić information content (AvgIpc) is 3.11. The molecule has 0 atom stereocenters. The lowest BCUT2D eigenvalue weighted by atomic mass is 9.91. The van der Waals surface area contributed by atoms with E-state index in [9.17, 15) is 13.2 Å². The van der Waals surface area contributed by atoms with Crippen LogP contribution in [-0.4, -0.2) is 51.7 Å². The molecule has 1 amide bonds. The highest BCUT2D eigenvalue weighted by Gasteiger charge is 2.28. The molecule has 0 radical (unpaired) electrons. The normalized spacial score (nSPS) is 17.1. The van der Waals surface area contributed by atoms with E-state index in [1.165, 1.54) is 27.8 Å². The second kappa shape index (κ2) is 7.50. The molecule has 1 aromatic carbocycles. The number of thiophene rings is 1. The molecule has 1 aliphatic heterocycles. The third-order valence-electron chi connectivity index (χ3n) is 5.40. The highest BCUT2D eigenvalue weighted by atomic mass is 32.2. The number of rotatable bonds is 4. The number of likely N-dealkylation sites (tertiary alicyclic amines) is 1. The highest BCUT2D eigenvalue weighted by molar-refractivity contribution is 7.88. The lowest BCUT2D eigenvalue weighted by Crippen LogP contribution is -2.46. The second-order valence-corrected chi connectivity index (χ2v) is 10.3. The largest absolute Gasteiger partial charge is 0.497 e. The van der Waals surface area contributed by atoms with Gasteiger partial charge in [0.1, 0.15) is 5.75 Å². The molecule has 150 valence electrons. The van der Waals surface area contributed by atoms with Crippen LogP contribution in [0.25, 0.3) is 10.4 Å². The van der Waals surface area contributed by atoms with Crippen molar-refractivity contribution in [3.05, 3.63) is 40.3 Å². The van der Waals surface area contributed by atoms with Gasteiger partial charge in [0.2, 0.25) is 10.0 Å². The van der Waals surface area contributed by atoms with Gasteiger partial charge in [-0.2, -0.15) is 0 Å². The minimum atomic E-state index is -3.21. The number of nitrogens with zero attached hydrogens (tertiary/aromatic N) is 1. The van der Waals surface area contributed by atoms with E-state index in [1.807, 2.05) is 17.0 Å². The summed E-state index contributed by atoms with van der Waals surface area (Å²) in [4.78, 5) is 16.8. The Hall–Kier alpha value is -1.90. The number of hydrogen-bond acceptors (Lipinski definition) is 5. The van der Waals surface area contributed by atoms with Crippen LogP contribution >= 0.6 is 11.3 Å². The van der Waals surface area contributed by atoms with E-state index in [2.05, 4.69) is 16.9 Å². The number of nitrogens with one attached hydrogen (secondary N) is 1. The van der Waals surface area contributed by atoms with Gasteiger partial charge in [0.15, 0.2) is 0 Å². The zero-order chi connectivity index (χ0) is 19.9. The van der Waals surface area contributed by atoms with Gasteiger partial charge in [-0.05, 0) is 66.6 Å². The van der Waals surface area contributed by atoms with Crippen LogP contribution in [0.1, 0.15) is 33.6 Å². The average molecular weight is 421 g/mol. The first-order valence-electron chi connectivity index (χ1n) is 9.40. The third kappa shape index (κ3) is 3.94. The number of methoxy groups -OCH3 is 1. The summed E-state index contributed by atoms with van der Waals surface area (Å²) < 4.78 is 30.8. The zero-order valence-corrected chi connectivity index (χ0v) is 17.7. The first-order chi connectivity index (χ1) is 13.3. The number of amides is 1. The number of aryl methyl sites for hydroxylation is 2. The van der Waals surface area contributed by atoms with Crippen LogP contribution in [0, 0.1) is 0 Å². The number of carbonyl (C=O) groups excluding carboxylic acids is 1. The van der Waals surface area contributed by atoms with Crippen molar-refractivity contribution in [3.8, 4) is 16.2 Å². The van der Waals surface area contributed by atoms with Crippen molar-refractivity contribution < 1.29 is 17.9 Å². The molecular weight excluding hydrogens is 396 g/mol. The topological polar surface area (TPSA) is 75.7 Å². The minimum Gasteiger partial charge on any atom is -0.497 e. The number of ether oxygens (including phenoxy) is 1. The molecule has 2 heterocycles. The van der Waals surface area contributed by atoms with Crippen molar-refractivity contribution >= 4 is 27.3 Å². The molecule has 8 heteroatoms. The molecule has 1 aromatic heterocycles. The Morgan fingerprint density at radius 1 is 1.18 bits per heavy atom. The molecule has 0 spiro atoms. The molecule has 4 rings (SSSR count). The first kappa shape index (κ1) is 19.4. The summed E-state index contributed by atoms with van der Waals surface area (Å²) >= 11 is 1.56. The summed E-state index contributed by atoms with van der Waals surface area (Å²) in [6.07, 6.45) is 4.35. The lowest BCUT2D eigenvalue weighted by molar-refractivity contribution is 0.0716. The number of benzene rings is 1. The molecule has 2 aliphatic rings. The van der Waals surface area contributed by atoms with E-state index in [-0.39, 0.29) is 11.9 Å². The molecule has 28 heavy (non-hydrogen) atoms. The molecule has 0 bridgehead atoms. The van der Waals surface area contributed by atoms with Gasteiger partial charge in [-0.3, -0.25) is 4.79 Å². The summed E-state index contributed by atoms with van der Waals surface area (Å²) in [5, 5.41) is 0. The Balaban J connectivity index is 1.49. The molecule has 1 fully saturated rings. The van der Waals surface area contributed by atoms with Gasteiger partial charge in [-0.25, -0.2) is 13.1 Å². The predicted octanol–water partition coefficient (Wildman–Crippen LogP) is 2.68. The molecule has 1 aliphatic carbocycles. The van der Waals surface area contributed by atoms with E-state index >= 15 is 0 Å². The SMILES string of the molecule is COc1ccc2c(c1)CCc1cc(C(=O)N3CCC(NS(C)(=O)=O)CC3)sc1-2. The molecule has 2 aromatic rings. The first-order valence-corrected chi connectivity index (χ1v) is 12.1. The fourth-order valence-electron chi connectivity index (χ4n) is 4.00. The smallest absolute Gasteiger partial charge is 0.263 e. The number of fused-ring (bicyclic) bond motifs is 3. The van der Waals surface area contributed by atoms with Crippen LogP contribution in [-0.2, 0) is 22.9 Å². The van der Waals surface area contributed by atoms with Gasteiger partial charge in [0.05, 0.1) is 18.2 Å². The van der Waals surface area contributed by atoms with E-state index in [4.69, 9.17) is 4.74 Å². The van der Waals surface area contributed by atoms with Crippen LogP contribution in [0.2, 0.25) is 0 Å². The summed E-state index contributed by atoms with van der Waals surface area (Å²) in [5.41, 5.74) is 3.70. The van der Waals surface area contributed by atoms with E-state index in [0.717, 1.165) is 23.5 Å². The third-order valence-corrected chi connectivity index (χ3v) is 7.36. The predicted molar refractivity (Wildman–Crippen MR) is 111 cm³/mol. The lowest BCUT2D eigenvalue weighted by Gasteiger charge is -2.31. The van der Waals surface area contributed by atoms with Crippen LogP contribution in [0.3, 0.4) is 0 Å². The Bertz CT molecular complexity index is 1010. The second-order valence-electron chi connectivity index (χ2n) is 7.44. The summed E-state index contributed by atoms with van der Waals surface area (Å²) in [6.45, 7) is 1.14. The molecule has 0 saturated carbocycles. The van der Waals surface area contributed by atoms with Crippen LogP contribution < -0.4 is 9.46 Å². The van der Waals surface area contributed by atoms with Crippen molar-refractivity contribution in [1.29, 1.82) is 0 Å². The maximum Gasteiger partial charge on any atom is 0.263 e. The van der Waals surface area contributed by atoms with E-state index in [0.29, 0.717) is 25.9 Å². The standard InChI is InChI=1S/C20H24N2O4S2/c1-26-16-5-6-17-13(11-16)3-4-14-12-18(27-19(14)17)20(23)22-9-7-15(8-10-22)21-28(2,24)25/h5-6,11-12,15,21H,3-4,7-10H2,1-2H3. The van der Waals surface area contributed by atoms with Gasteiger partial charge in [0, 0.05) is 24.0 Å². The number of sulfonamides is 1. The van der Waals surface area contributed by atoms with E-state index < -0.39 is 10.0 Å². The highest BCUT2D eigenvalue weighted by Crippen LogP contribution is 2.41. The fourth-order valence-corrected chi connectivity index (χ4v) is 6.08. The fraction of sp³-hybridized carbons (Fsp3) is 0.450. The van der Waals surface area contributed by atoms with Gasteiger partial charge >= 0.3 is 0 Å². The van der Waals surface area contributed by atoms with Crippen LogP contribution in [0.5, 0.6) is 5.75 Å². The van der Waals surface area contributed by atoms with Crippen molar-refractivity contribution in [1.82, 2.24) is 9.62 Å². The van der Waals surface area contributed by atoms with Crippen molar-refractivity contribution in [2.24, 2.45) is 0 Å². The van der Waals surface area contributed by atoms with Gasteiger partial charge < -0.3 is 9.64 Å². The monoisotopic (exact) mass is 420 g/mol. The van der Waals surface area contributed by atoms with Crippen molar-refractivity contribution in [2.75, 3.05) is 26.5 Å². The molecule has 1 saturated heterocycles. The van der Waals surface area contributed by atoms with Gasteiger partial charge in [-0.15, -0.1) is 11.3 Å². The van der Waals surface area contributed by atoms with Crippen LogP contribution in [0.15, 0.2) is 24.3 Å². The summed E-state index contributed by atoms with van der Waals surface area (Å²) in [6, 6.07) is 8.08. The van der Waals surface area contributed by atoms with Crippen molar-refractivity contribution in [2.45, 2.75) is 31.7 Å². The maximum absolute atomic E-state index is 13.0. The van der Waals surface area contributed by atoms with Gasteiger partial charge in [0.25, 0.3) is 5.91 Å². The summed E-state index contributed by atoms with van der Waals surface area (Å²) in [7, 11) is -1.54. The van der Waals surface area contributed by atoms with Gasteiger partial charge in [-0.1, -0.05) is 0 Å². The molecular formula is C20H24N2O4S2. The zero-order valence-electron chi connectivity index (χ0n) is 16.0. The Morgan fingerprint density at radius 3 is 2.57 bits per heavy atom. The van der Waals surface area contributed by atoms with E-state index in [1.54, 1.807) is 18.4 Å².